The van der Waals surface area contributed by atoms with Crippen LogP contribution in [-0.2, 0) is 4.79 Å². The average molecular weight is 349 g/mol. The molecule has 0 atom stereocenters. The Kier molecular flexibility index (Phi) is 4.41. The van der Waals surface area contributed by atoms with E-state index >= 15 is 0 Å². The fourth-order valence-electron chi connectivity index (χ4n) is 2.24. The Balaban J connectivity index is 1.54. The molecule has 0 bridgehead atoms. The number of carbonyl (C=O) groups excluding carboxylic acids is 1. The molecule has 0 saturated carbocycles. The minimum atomic E-state index is -0.0715. The summed E-state index contributed by atoms with van der Waals surface area (Å²) in [7, 11) is 0. The second kappa shape index (κ2) is 6.45. The number of fused-ring (bicyclic) bond motifs is 1. The molecule has 4 nitrogen and oxygen atoms in total. The monoisotopic (exact) mass is 348 g/mol. The fraction of sp³-hybridized carbons (Fsp3) is 0.312. The second-order valence-corrected chi connectivity index (χ2v) is 6.19. The van der Waals surface area contributed by atoms with Crippen molar-refractivity contribution in [1.82, 2.24) is 10.6 Å². The van der Waals surface area contributed by atoms with Gasteiger partial charge in [0.2, 0.25) is 0 Å². The molecule has 0 unspecified atom stereocenters. The lowest BCUT2D eigenvalue weighted by atomic mass is 10.0. The molecule has 2 aromatic carbocycles. The van der Waals surface area contributed by atoms with Crippen molar-refractivity contribution in [3.8, 4) is 5.75 Å². The van der Waals surface area contributed by atoms with Crippen LogP contribution in [0.1, 0.15) is 0 Å². The van der Waals surface area contributed by atoms with Gasteiger partial charge in [-0.3, -0.25) is 4.79 Å². The van der Waals surface area contributed by atoms with E-state index in [9.17, 15) is 4.79 Å². The van der Waals surface area contributed by atoms with Crippen LogP contribution in [0.4, 0.5) is 0 Å². The number of hydrogen-bond donors (Lipinski definition) is 2. The molecule has 2 N–H and O–H groups in total. The molecule has 1 amide bonds. The standard InChI is InChI=1S/C16H17BrN2O2/c17-14-3-1-13-6-15(4-2-12(13)5-14)21-10-16(20)19-9-11-7-18-8-11/h1-6,11,18H,7-10H2,(H,19,20). The molecule has 1 saturated heterocycles. The highest BCUT2D eigenvalue weighted by atomic mass is 79.9. The van der Waals surface area contributed by atoms with E-state index < -0.39 is 0 Å². The Morgan fingerprint density at radius 3 is 2.76 bits per heavy atom. The van der Waals surface area contributed by atoms with Crippen molar-refractivity contribution >= 4 is 32.6 Å². The lowest BCUT2D eigenvalue weighted by molar-refractivity contribution is -0.123. The zero-order chi connectivity index (χ0) is 14.7. The van der Waals surface area contributed by atoms with E-state index in [0.29, 0.717) is 11.7 Å². The Bertz CT molecular complexity index is 656. The lowest BCUT2D eigenvalue weighted by Crippen LogP contribution is -2.48. The van der Waals surface area contributed by atoms with Crippen LogP contribution in [0.3, 0.4) is 0 Å². The van der Waals surface area contributed by atoms with Crippen LogP contribution in [0, 0.1) is 5.92 Å². The first-order valence-corrected chi connectivity index (χ1v) is 7.79. The largest absolute Gasteiger partial charge is 0.484 e. The maximum atomic E-state index is 11.7. The summed E-state index contributed by atoms with van der Waals surface area (Å²) < 4.78 is 6.60. The Morgan fingerprint density at radius 1 is 1.24 bits per heavy atom. The lowest BCUT2D eigenvalue weighted by Gasteiger charge is -2.27. The van der Waals surface area contributed by atoms with Gasteiger partial charge in [0.25, 0.3) is 5.91 Å². The molecule has 21 heavy (non-hydrogen) atoms. The molecule has 110 valence electrons. The van der Waals surface area contributed by atoms with Gasteiger partial charge in [0.05, 0.1) is 0 Å². The summed E-state index contributed by atoms with van der Waals surface area (Å²) in [6.07, 6.45) is 0. The first-order valence-electron chi connectivity index (χ1n) is 7.00. The second-order valence-electron chi connectivity index (χ2n) is 5.27. The predicted octanol–water partition coefficient (Wildman–Crippen LogP) is 2.32. The van der Waals surface area contributed by atoms with E-state index in [0.717, 1.165) is 34.9 Å². The van der Waals surface area contributed by atoms with Crippen molar-refractivity contribution in [2.75, 3.05) is 26.2 Å². The van der Waals surface area contributed by atoms with Crippen molar-refractivity contribution in [1.29, 1.82) is 0 Å². The van der Waals surface area contributed by atoms with Crippen molar-refractivity contribution in [3.05, 3.63) is 40.9 Å². The van der Waals surface area contributed by atoms with Gasteiger partial charge in [-0.15, -0.1) is 0 Å². The number of nitrogens with one attached hydrogen (secondary N) is 2. The van der Waals surface area contributed by atoms with Crippen LogP contribution in [0.15, 0.2) is 40.9 Å². The summed E-state index contributed by atoms with van der Waals surface area (Å²) in [5.74, 6) is 1.20. The van der Waals surface area contributed by atoms with Gasteiger partial charge in [0, 0.05) is 30.0 Å². The molecule has 0 spiro atoms. The predicted molar refractivity (Wildman–Crippen MR) is 86.5 cm³/mol. The third-order valence-electron chi connectivity index (χ3n) is 3.60. The zero-order valence-corrected chi connectivity index (χ0v) is 13.2. The van der Waals surface area contributed by atoms with E-state index in [2.05, 4.69) is 32.6 Å². The molecule has 3 rings (SSSR count). The fourth-order valence-corrected chi connectivity index (χ4v) is 2.61. The molecule has 0 aliphatic carbocycles. The molecule has 5 heteroatoms. The van der Waals surface area contributed by atoms with Crippen molar-refractivity contribution in [3.63, 3.8) is 0 Å². The average Bonchev–Trinajstić information content (AvgIpc) is 2.43. The van der Waals surface area contributed by atoms with E-state index in [1.807, 2.05) is 30.3 Å². The maximum Gasteiger partial charge on any atom is 0.257 e. The van der Waals surface area contributed by atoms with Gasteiger partial charge in [-0.2, -0.15) is 0 Å². The quantitative estimate of drug-likeness (QED) is 0.871. The molecule has 1 aliphatic heterocycles. The molecule has 1 aliphatic rings. The van der Waals surface area contributed by atoms with Gasteiger partial charge in [0.15, 0.2) is 6.61 Å². The van der Waals surface area contributed by atoms with Crippen LogP contribution in [0.2, 0.25) is 0 Å². The molecular weight excluding hydrogens is 332 g/mol. The Morgan fingerprint density at radius 2 is 2.00 bits per heavy atom. The SMILES string of the molecule is O=C(COc1ccc2cc(Br)ccc2c1)NCC1CNC1. The van der Waals surface area contributed by atoms with Crippen LogP contribution in [-0.4, -0.2) is 32.1 Å². The number of ether oxygens (including phenoxy) is 1. The first kappa shape index (κ1) is 14.4. The topological polar surface area (TPSA) is 50.4 Å². The molecule has 1 heterocycles. The van der Waals surface area contributed by atoms with Gasteiger partial charge >= 0.3 is 0 Å². The minimum absolute atomic E-state index is 0.0577. The smallest absolute Gasteiger partial charge is 0.257 e. The van der Waals surface area contributed by atoms with Crippen LogP contribution < -0.4 is 15.4 Å². The molecule has 0 radical (unpaired) electrons. The molecular formula is C16H17BrN2O2. The normalized spacial score (nSPS) is 14.7. The van der Waals surface area contributed by atoms with Gasteiger partial charge in [-0.1, -0.05) is 28.1 Å². The van der Waals surface area contributed by atoms with Crippen LogP contribution in [0.5, 0.6) is 5.75 Å². The van der Waals surface area contributed by atoms with Gasteiger partial charge < -0.3 is 15.4 Å². The van der Waals surface area contributed by atoms with Crippen LogP contribution >= 0.6 is 15.9 Å². The Hall–Kier alpha value is -1.59. The number of rotatable bonds is 5. The molecule has 0 aromatic heterocycles. The van der Waals surface area contributed by atoms with Crippen molar-refractivity contribution in [2.45, 2.75) is 0 Å². The summed E-state index contributed by atoms with van der Waals surface area (Å²) in [5, 5.41) is 8.30. The maximum absolute atomic E-state index is 11.7. The zero-order valence-electron chi connectivity index (χ0n) is 11.6. The van der Waals surface area contributed by atoms with E-state index in [1.54, 1.807) is 0 Å². The molecule has 2 aromatic rings. The minimum Gasteiger partial charge on any atom is -0.484 e. The summed E-state index contributed by atoms with van der Waals surface area (Å²) in [6.45, 7) is 2.76. The number of hydrogen-bond acceptors (Lipinski definition) is 3. The van der Waals surface area contributed by atoms with Crippen molar-refractivity contribution in [2.24, 2.45) is 5.92 Å². The number of amides is 1. The highest BCUT2D eigenvalue weighted by molar-refractivity contribution is 9.10. The first-order chi connectivity index (χ1) is 10.2. The number of halogens is 1. The van der Waals surface area contributed by atoms with Crippen molar-refractivity contribution < 1.29 is 9.53 Å². The summed E-state index contributed by atoms with van der Waals surface area (Å²) in [4.78, 5) is 11.7. The highest BCUT2D eigenvalue weighted by Gasteiger charge is 2.17. The summed E-state index contributed by atoms with van der Waals surface area (Å²) >= 11 is 3.45. The number of carbonyl (C=O) groups is 1. The van der Waals surface area contributed by atoms with Gasteiger partial charge in [-0.05, 0) is 35.0 Å². The summed E-state index contributed by atoms with van der Waals surface area (Å²) in [5.41, 5.74) is 0. The van der Waals surface area contributed by atoms with Gasteiger partial charge in [0.1, 0.15) is 5.75 Å². The third kappa shape index (κ3) is 3.74. The number of benzene rings is 2. The van der Waals surface area contributed by atoms with E-state index in [1.165, 1.54) is 0 Å². The molecule has 1 fully saturated rings. The van der Waals surface area contributed by atoms with Crippen LogP contribution in [0.25, 0.3) is 10.8 Å². The highest BCUT2D eigenvalue weighted by Crippen LogP contribution is 2.24. The summed E-state index contributed by atoms with van der Waals surface area (Å²) in [6, 6.07) is 11.9. The van der Waals surface area contributed by atoms with Gasteiger partial charge in [-0.25, -0.2) is 0 Å². The van der Waals surface area contributed by atoms with E-state index in [4.69, 9.17) is 4.74 Å². The third-order valence-corrected chi connectivity index (χ3v) is 4.09. The van der Waals surface area contributed by atoms with E-state index in [-0.39, 0.29) is 12.5 Å². The Labute approximate surface area is 132 Å².